The summed E-state index contributed by atoms with van der Waals surface area (Å²) in [6.07, 6.45) is 3.72. The fourth-order valence-corrected chi connectivity index (χ4v) is 1.75. The summed E-state index contributed by atoms with van der Waals surface area (Å²) in [6, 6.07) is 2.19. The summed E-state index contributed by atoms with van der Waals surface area (Å²) >= 11 is 0. The summed E-state index contributed by atoms with van der Waals surface area (Å²) in [4.78, 5) is 2.21. The first-order valence-corrected chi connectivity index (χ1v) is 4.66. The first-order valence-electron chi connectivity index (χ1n) is 4.66. The monoisotopic (exact) mass is 167 g/mol. The summed E-state index contributed by atoms with van der Waals surface area (Å²) < 4.78 is 0. The molecule has 3 nitrogen and oxygen atoms in total. The molecule has 1 unspecified atom stereocenters. The Morgan fingerprint density at radius 1 is 1.50 bits per heavy atom. The lowest BCUT2D eigenvalue weighted by molar-refractivity contribution is 0.278. The molecule has 0 radical (unpaired) electrons. The number of nitriles is 1. The highest BCUT2D eigenvalue weighted by Gasteiger charge is 2.15. The van der Waals surface area contributed by atoms with Gasteiger partial charge in [0.1, 0.15) is 0 Å². The van der Waals surface area contributed by atoms with Gasteiger partial charge in [-0.3, -0.25) is 4.90 Å². The zero-order valence-corrected chi connectivity index (χ0v) is 7.50. The van der Waals surface area contributed by atoms with Gasteiger partial charge in [0.2, 0.25) is 0 Å². The normalized spacial score (nSPS) is 26.2. The lowest BCUT2D eigenvalue weighted by Gasteiger charge is -2.19. The van der Waals surface area contributed by atoms with Crippen molar-refractivity contribution in [1.29, 1.82) is 5.26 Å². The van der Waals surface area contributed by atoms with Crippen LogP contribution in [0.5, 0.6) is 0 Å². The number of hydrogen-bond acceptors (Lipinski definition) is 3. The molecule has 1 saturated heterocycles. The van der Waals surface area contributed by atoms with Crippen LogP contribution in [0.15, 0.2) is 0 Å². The van der Waals surface area contributed by atoms with Gasteiger partial charge in [0.05, 0.1) is 12.6 Å². The molecule has 1 rings (SSSR count). The van der Waals surface area contributed by atoms with E-state index in [0.717, 1.165) is 19.6 Å². The molecule has 1 fully saturated rings. The van der Waals surface area contributed by atoms with E-state index < -0.39 is 0 Å². The van der Waals surface area contributed by atoms with Crippen LogP contribution in [0, 0.1) is 17.2 Å². The van der Waals surface area contributed by atoms with E-state index in [9.17, 15) is 0 Å². The zero-order valence-electron chi connectivity index (χ0n) is 7.50. The highest BCUT2D eigenvalue weighted by molar-refractivity contribution is 4.80. The lowest BCUT2D eigenvalue weighted by Crippen LogP contribution is -2.31. The highest BCUT2D eigenvalue weighted by atomic mass is 15.1. The average molecular weight is 167 g/mol. The van der Waals surface area contributed by atoms with Crippen LogP contribution in [0.1, 0.15) is 19.3 Å². The maximum absolute atomic E-state index is 8.55. The van der Waals surface area contributed by atoms with E-state index in [1.807, 2.05) is 0 Å². The Hall–Kier alpha value is -0.590. The topological polar surface area (TPSA) is 53.0 Å². The van der Waals surface area contributed by atoms with Crippen molar-refractivity contribution in [1.82, 2.24) is 4.90 Å². The van der Waals surface area contributed by atoms with Crippen molar-refractivity contribution in [2.24, 2.45) is 11.7 Å². The molecule has 0 saturated carbocycles. The van der Waals surface area contributed by atoms with Gasteiger partial charge in [-0.1, -0.05) is 6.42 Å². The van der Waals surface area contributed by atoms with Crippen LogP contribution < -0.4 is 5.73 Å². The van der Waals surface area contributed by atoms with Crippen LogP contribution in [-0.4, -0.2) is 31.1 Å². The van der Waals surface area contributed by atoms with Gasteiger partial charge in [-0.05, 0) is 31.8 Å². The second-order valence-corrected chi connectivity index (χ2v) is 3.49. The number of rotatable bonds is 2. The molecule has 1 aliphatic rings. The van der Waals surface area contributed by atoms with Gasteiger partial charge in [-0.25, -0.2) is 0 Å². The molecule has 2 N–H and O–H groups in total. The summed E-state index contributed by atoms with van der Waals surface area (Å²) in [7, 11) is 0. The second kappa shape index (κ2) is 5.13. The van der Waals surface area contributed by atoms with E-state index in [-0.39, 0.29) is 0 Å². The zero-order chi connectivity index (χ0) is 8.81. The minimum Gasteiger partial charge on any atom is -0.330 e. The quantitative estimate of drug-likeness (QED) is 0.612. The Bertz CT molecular complexity index is 162. The first kappa shape index (κ1) is 9.50. The van der Waals surface area contributed by atoms with E-state index in [2.05, 4.69) is 11.0 Å². The lowest BCUT2D eigenvalue weighted by atomic mass is 10.0. The van der Waals surface area contributed by atoms with Crippen LogP contribution in [0.3, 0.4) is 0 Å². The second-order valence-electron chi connectivity index (χ2n) is 3.49. The summed E-state index contributed by atoms with van der Waals surface area (Å²) in [5.74, 6) is 0.612. The van der Waals surface area contributed by atoms with Gasteiger partial charge in [-0.15, -0.1) is 0 Å². The molecule has 0 aromatic rings. The molecule has 0 bridgehead atoms. The molecular formula is C9H17N3. The predicted octanol–water partition coefficient (Wildman–Crippen LogP) is 0.571. The van der Waals surface area contributed by atoms with E-state index >= 15 is 0 Å². The molecule has 1 atom stereocenters. The van der Waals surface area contributed by atoms with Crippen molar-refractivity contribution in [3.63, 3.8) is 0 Å². The summed E-state index contributed by atoms with van der Waals surface area (Å²) in [5.41, 5.74) is 5.62. The van der Waals surface area contributed by atoms with Crippen molar-refractivity contribution in [2.45, 2.75) is 19.3 Å². The Morgan fingerprint density at radius 3 is 3.00 bits per heavy atom. The standard InChI is InChI=1S/C9H17N3/c10-4-6-12-5-2-1-3-9(7-11)8-12/h9H,1-3,5-8,11H2. The van der Waals surface area contributed by atoms with E-state index in [1.54, 1.807) is 0 Å². The van der Waals surface area contributed by atoms with E-state index in [0.29, 0.717) is 12.5 Å². The molecule has 0 spiro atoms. The molecule has 68 valence electrons. The van der Waals surface area contributed by atoms with Crippen LogP contribution in [0.2, 0.25) is 0 Å². The Kier molecular flexibility index (Phi) is 4.06. The van der Waals surface area contributed by atoms with Crippen molar-refractivity contribution >= 4 is 0 Å². The molecule has 3 heteroatoms. The molecule has 0 amide bonds. The number of nitrogens with zero attached hydrogens (tertiary/aromatic N) is 2. The Labute approximate surface area is 74.1 Å². The predicted molar refractivity (Wildman–Crippen MR) is 48.4 cm³/mol. The van der Waals surface area contributed by atoms with Crippen LogP contribution in [0.4, 0.5) is 0 Å². The van der Waals surface area contributed by atoms with Crippen molar-refractivity contribution in [3.8, 4) is 6.07 Å². The van der Waals surface area contributed by atoms with E-state index in [1.165, 1.54) is 19.3 Å². The Morgan fingerprint density at radius 2 is 2.33 bits per heavy atom. The fraction of sp³-hybridized carbons (Fsp3) is 0.889. The SMILES string of the molecule is N#CCN1CCCCC(CN)C1. The van der Waals surface area contributed by atoms with Gasteiger partial charge in [0, 0.05) is 6.54 Å². The van der Waals surface area contributed by atoms with Gasteiger partial charge in [0.25, 0.3) is 0 Å². The largest absolute Gasteiger partial charge is 0.330 e. The summed E-state index contributed by atoms with van der Waals surface area (Å²) in [6.45, 7) is 3.42. The molecule has 1 heterocycles. The van der Waals surface area contributed by atoms with Gasteiger partial charge in [0.15, 0.2) is 0 Å². The van der Waals surface area contributed by atoms with E-state index in [4.69, 9.17) is 11.0 Å². The molecule has 0 aromatic carbocycles. The van der Waals surface area contributed by atoms with Crippen molar-refractivity contribution in [2.75, 3.05) is 26.2 Å². The number of nitrogens with two attached hydrogens (primary N) is 1. The molecule has 0 aromatic heterocycles. The number of hydrogen-bond donors (Lipinski definition) is 1. The molecular weight excluding hydrogens is 150 g/mol. The maximum Gasteiger partial charge on any atom is 0.0866 e. The highest BCUT2D eigenvalue weighted by Crippen LogP contribution is 2.14. The third-order valence-corrected chi connectivity index (χ3v) is 2.48. The fourth-order valence-electron chi connectivity index (χ4n) is 1.75. The maximum atomic E-state index is 8.55. The van der Waals surface area contributed by atoms with Gasteiger partial charge in [-0.2, -0.15) is 5.26 Å². The van der Waals surface area contributed by atoms with Crippen molar-refractivity contribution in [3.05, 3.63) is 0 Å². The van der Waals surface area contributed by atoms with Crippen LogP contribution in [-0.2, 0) is 0 Å². The first-order chi connectivity index (χ1) is 5.86. The molecule has 1 aliphatic heterocycles. The van der Waals surface area contributed by atoms with Gasteiger partial charge < -0.3 is 5.73 Å². The smallest absolute Gasteiger partial charge is 0.0866 e. The Balaban J connectivity index is 2.37. The van der Waals surface area contributed by atoms with Gasteiger partial charge >= 0.3 is 0 Å². The molecule has 12 heavy (non-hydrogen) atoms. The van der Waals surface area contributed by atoms with Crippen LogP contribution in [0.25, 0.3) is 0 Å². The third-order valence-electron chi connectivity index (χ3n) is 2.48. The number of likely N-dealkylation sites (tertiary alicyclic amines) is 1. The minimum absolute atomic E-state index is 0.566. The summed E-state index contributed by atoms with van der Waals surface area (Å²) in [5, 5.41) is 8.55. The molecule has 0 aliphatic carbocycles. The van der Waals surface area contributed by atoms with Crippen LogP contribution >= 0.6 is 0 Å². The third kappa shape index (κ3) is 2.80. The minimum atomic E-state index is 0.566. The average Bonchev–Trinajstić information content (AvgIpc) is 2.30. The van der Waals surface area contributed by atoms with Crippen molar-refractivity contribution < 1.29 is 0 Å².